The van der Waals surface area contributed by atoms with E-state index in [9.17, 15) is 4.79 Å². The van der Waals surface area contributed by atoms with Gasteiger partial charge >= 0.3 is 0 Å². The van der Waals surface area contributed by atoms with Gasteiger partial charge in [0.05, 0.1) is 23.9 Å². The minimum atomic E-state index is -0.187. The number of thiazole rings is 1. The molecule has 0 aliphatic heterocycles. The molecule has 0 radical (unpaired) electrons. The highest BCUT2D eigenvalue weighted by Gasteiger charge is 2.12. The van der Waals surface area contributed by atoms with Crippen LogP contribution in [0.5, 0.6) is 11.5 Å². The van der Waals surface area contributed by atoms with Gasteiger partial charge in [-0.05, 0) is 30.3 Å². The molecule has 0 bridgehead atoms. The summed E-state index contributed by atoms with van der Waals surface area (Å²) in [7, 11) is 1.54. The number of nitrogens with zero attached hydrogens (tertiary/aromatic N) is 1. The molecule has 0 spiro atoms. The van der Waals surface area contributed by atoms with Crippen molar-refractivity contribution in [2.45, 2.75) is 6.54 Å². The van der Waals surface area contributed by atoms with Gasteiger partial charge in [0.25, 0.3) is 5.91 Å². The smallest absolute Gasteiger partial charge is 0.251 e. The van der Waals surface area contributed by atoms with Crippen LogP contribution >= 0.6 is 11.3 Å². The quantitative estimate of drug-likeness (QED) is 0.656. The van der Waals surface area contributed by atoms with Crippen LogP contribution in [0.1, 0.15) is 15.4 Å². The van der Waals surface area contributed by atoms with Crippen LogP contribution in [-0.2, 0) is 6.54 Å². The number of fused-ring (bicyclic) bond motifs is 1. The summed E-state index contributed by atoms with van der Waals surface area (Å²) in [6, 6.07) is 13.0. The Bertz CT molecular complexity index is 872. The molecule has 5 nitrogen and oxygen atoms in total. The van der Waals surface area contributed by atoms with Crippen molar-refractivity contribution in [3.8, 4) is 11.5 Å². The molecule has 1 aromatic heterocycles. The number of para-hydroxylation sites is 1. The van der Waals surface area contributed by atoms with Crippen LogP contribution in [0.25, 0.3) is 10.2 Å². The molecule has 0 saturated carbocycles. The molecule has 0 saturated heterocycles. The van der Waals surface area contributed by atoms with Gasteiger partial charge in [-0.3, -0.25) is 4.79 Å². The van der Waals surface area contributed by atoms with Crippen LogP contribution in [0.15, 0.2) is 55.1 Å². The Morgan fingerprint density at radius 3 is 2.88 bits per heavy atom. The number of rotatable bonds is 7. The summed E-state index contributed by atoms with van der Waals surface area (Å²) in [5.41, 5.74) is 1.45. The molecule has 3 aromatic rings. The van der Waals surface area contributed by atoms with Gasteiger partial charge < -0.3 is 14.8 Å². The van der Waals surface area contributed by atoms with E-state index in [-0.39, 0.29) is 5.91 Å². The Labute approximate surface area is 149 Å². The summed E-state index contributed by atoms with van der Waals surface area (Å²) >= 11 is 1.57. The van der Waals surface area contributed by atoms with Crippen LogP contribution in [0.3, 0.4) is 0 Å². The number of ether oxygens (including phenoxy) is 2. The van der Waals surface area contributed by atoms with Crippen LogP contribution < -0.4 is 14.8 Å². The van der Waals surface area contributed by atoms with E-state index >= 15 is 0 Å². The highest BCUT2D eigenvalue weighted by atomic mass is 32.1. The molecule has 2 aromatic carbocycles. The van der Waals surface area contributed by atoms with E-state index < -0.39 is 0 Å². The number of amides is 1. The Balaban J connectivity index is 1.68. The van der Waals surface area contributed by atoms with Crippen molar-refractivity contribution in [2.24, 2.45) is 0 Å². The van der Waals surface area contributed by atoms with Gasteiger partial charge in [-0.1, -0.05) is 24.8 Å². The van der Waals surface area contributed by atoms with Crippen molar-refractivity contribution in [2.75, 3.05) is 13.7 Å². The topological polar surface area (TPSA) is 60.5 Å². The van der Waals surface area contributed by atoms with Gasteiger partial charge in [-0.25, -0.2) is 4.98 Å². The lowest BCUT2D eigenvalue weighted by molar-refractivity contribution is 0.0950. The number of benzene rings is 2. The molecule has 128 valence electrons. The summed E-state index contributed by atoms with van der Waals surface area (Å²) in [5.74, 6) is 0.896. The normalized spacial score (nSPS) is 10.4. The maximum Gasteiger partial charge on any atom is 0.251 e. The molecule has 0 fully saturated rings. The number of methoxy groups -OCH3 is 1. The van der Waals surface area contributed by atoms with E-state index in [0.717, 1.165) is 15.2 Å². The fraction of sp³-hybridized carbons (Fsp3) is 0.158. The molecular formula is C19H18N2O3S. The van der Waals surface area contributed by atoms with Gasteiger partial charge in [-0.2, -0.15) is 0 Å². The fourth-order valence-corrected chi connectivity index (χ4v) is 3.24. The first-order valence-corrected chi connectivity index (χ1v) is 8.57. The maximum absolute atomic E-state index is 12.4. The summed E-state index contributed by atoms with van der Waals surface area (Å²) < 4.78 is 11.9. The molecule has 3 rings (SSSR count). The zero-order chi connectivity index (χ0) is 17.6. The molecule has 6 heteroatoms. The second-order valence-corrected chi connectivity index (χ2v) is 6.34. The number of carbonyl (C=O) groups is 1. The summed E-state index contributed by atoms with van der Waals surface area (Å²) in [5, 5.41) is 3.75. The van der Waals surface area contributed by atoms with E-state index in [2.05, 4.69) is 16.9 Å². The average molecular weight is 354 g/mol. The second kappa shape index (κ2) is 7.81. The maximum atomic E-state index is 12.4. The summed E-state index contributed by atoms with van der Waals surface area (Å²) in [6.07, 6.45) is 1.65. The number of hydrogen-bond donors (Lipinski definition) is 1. The molecule has 0 aliphatic rings. The first-order valence-electron chi connectivity index (χ1n) is 7.75. The van der Waals surface area contributed by atoms with Gasteiger partial charge in [0.2, 0.25) is 0 Å². The van der Waals surface area contributed by atoms with E-state index in [0.29, 0.717) is 30.2 Å². The molecule has 1 amide bonds. The number of nitrogens with one attached hydrogen (secondary N) is 1. The van der Waals surface area contributed by atoms with Crippen molar-refractivity contribution < 1.29 is 14.3 Å². The van der Waals surface area contributed by atoms with Crippen LogP contribution in [0.2, 0.25) is 0 Å². The first kappa shape index (κ1) is 17.0. The predicted molar refractivity (Wildman–Crippen MR) is 99.5 cm³/mol. The molecule has 1 N–H and O–H groups in total. The minimum absolute atomic E-state index is 0.187. The third kappa shape index (κ3) is 3.97. The largest absolute Gasteiger partial charge is 0.493 e. The third-order valence-electron chi connectivity index (χ3n) is 3.52. The van der Waals surface area contributed by atoms with Crippen molar-refractivity contribution in [1.82, 2.24) is 10.3 Å². The lowest BCUT2D eigenvalue weighted by Crippen LogP contribution is -2.22. The van der Waals surface area contributed by atoms with Crippen molar-refractivity contribution in [3.63, 3.8) is 0 Å². The number of hydrogen-bond acceptors (Lipinski definition) is 5. The van der Waals surface area contributed by atoms with Gasteiger partial charge in [-0.15, -0.1) is 11.3 Å². The van der Waals surface area contributed by atoms with Crippen LogP contribution in [-0.4, -0.2) is 24.6 Å². The summed E-state index contributed by atoms with van der Waals surface area (Å²) in [6.45, 7) is 4.37. The highest BCUT2D eigenvalue weighted by Crippen LogP contribution is 2.28. The second-order valence-electron chi connectivity index (χ2n) is 5.22. The highest BCUT2D eigenvalue weighted by molar-refractivity contribution is 7.18. The molecule has 0 atom stereocenters. The SMILES string of the molecule is C=CCOc1ccc(C(=O)NCc2nc3ccccc3s2)cc1OC. The zero-order valence-corrected chi connectivity index (χ0v) is 14.6. The van der Waals surface area contributed by atoms with E-state index in [1.165, 1.54) is 0 Å². The monoisotopic (exact) mass is 354 g/mol. The minimum Gasteiger partial charge on any atom is -0.493 e. The van der Waals surface area contributed by atoms with E-state index in [1.807, 2.05) is 24.3 Å². The van der Waals surface area contributed by atoms with Crippen LogP contribution in [0, 0.1) is 0 Å². The average Bonchev–Trinajstić information content (AvgIpc) is 3.07. The molecule has 0 aliphatic carbocycles. The zero-order valence-electron chi connectivity index (χ0n) is 13.8. The Kier molecular flexibility index (Phi) is 5.30. The Morgan fingerprint density at radius 2 is 2.12 bits per heavy atom. The molecule has 1 heterocycles. The van der Waals surface area contributed by atoms with Crippen LogP contribution in [0.4, 0.5) is 0 Å². The molecule has 25 heavy (non-hydrogen) atoms. The van der Waals surface area contributed by atoms with Gasteiger partial charge in [0.15, 0.2) is 11.5 Å². The Morgan fingerprint density at radius 1 is 1.28 bits per heavy atom. The lowest BCUT2D eigenvalue weighted by atomic mass is 10.2. The Hall–Kier alpha value is -2.86. The molecule has 0 unspecified atom stereocenters. The van der Waals surface area contributed by atoms with Gasteiger partial charge in [0.1, 0.15) is 11.6 Å². The number of carbonyl (C=O) groups excluding carboxylic acids is 1. The third-order valence-corrected chi connectivity index (χ3v) is 4.56. The van der Waals surface area contributed by atoms with E-state index in [4.69, 9.17) is 9.47 Å². The van der Waals surface area contributed by atoms with Crippen molar-refractivity contribution in [3.05, 3.63) is 65.7 Å². The van der Waals surface area contributed by atoms with E-state index in [1.54, 1.807) is 42.7 Å². The van der Waals surface area contributed by atoms with Gasteiger partial charge in [0, 0.05) is 5.56 Å². The fourth-order valence-electron chi connectivity index (χ4n) is 2.33. The predicted octanol–water partition coefficient (Wildman–Crippen LogP) is 3.80. The first-order chi connectivity index (χ1) is 12.2. The molecular weight excluding hydrogens is 336 g/mol. The lowest BCUT2D eigenvalue weighted by Gasteiger charge is -2.11. The standard InChI is InChI=1S/C19H18N2O3S/c1-3-10-24-15-9-8-13(11-16(15)23-2)19(22)20-12-18-21-14-6-4-5-7-17(14)25-18/h3-9,11H,1,10,12H2,2H3,(H,20,22). The van der Waals surface area contributed by atoms with Crippen molar-refractivity contribution >= 4 is 27.5 Å². The van der Waals surface area contributed by atoms with Crippen molar-refractivity contribution in [1.29, 1.82) is 0 Å². The number of aromatic nitrogens is 1. The summed E-state index contributed by atoms with van der Waals surface area (Å²) in [4.78, 5) is 16.9.